The van der Waals surface area contributed by atoms with Crippen molar-refractivity contribution in [3.8, 4) is 5.75 Å². The van der Waals surface area contributed by atoms with Gasteiger partial charge in [0.05, 0.1) is 19.8 Å². The number of aliphatic hydroxyl groups is 1. The summed E-state index contributed by atoms with van der Waals surface area (Å²) in [4.78, 5) is 37.8. The molecule has 0 unspecified atom stereocenters. The van der Waals surface area contributed by atoms with Crippen molar-refractivity contribution in [1.29, 1.82) is 0 Å². The van der Waals surface area contributed by atoms with Gasteiger partial charge in [0, 0.05) is 13.0 Å². The third-order valence-corrected chi connectivity index (χ3v) is 4.90. The highest BCUT2D eigenvalue weighted by molar-refractivity contribution is 6.04. The van der Waals surface area contributed by atoms with Crippen molar-refractivity contribution in [3.05, 3.63) is 29.8 Å². The molecule has 28 heavy (non-hydrogen) atoms. The lowest BCUT2D eigenvalue weighted by molar-refractivity contribution is -0.127. The molecule has 3 N–H and O–H groups in total. The van der Waals surface area contributed by atoms with Gasteiger partial charge in [0.1, 0.15) is 11.8 Å². The van der Waals surface area contributed by atoms with Gasteiger partial charge >= 0.3 is 6.03 Å². The minimum absolute atomic E-state index is 0.103. The Morgan fingerprint density at radius 3 is 2.54 bits per heavy atom. The van der Waals surface area contributed by atoms with Gasteiger partial charge in [-0.15, -0.1) is 0 Å². The Kier molecular flexibility index (Phi) is 7.80. The fourth-order valence-corrected chi connectivity index (χ4v) is 2.99. The van der Waals surface area contributed by atoms with Crippen molar-refractivity contribution in [3.63, 3.8) is 0 Å². The predicted octanol–water partition coefficient (Wildman–Crippen LogP) is 1.07. The Labute approximate surface area is 165 Å². The number of carbonyl (C=O) groups excluding carboxylic acids is 3. The number of carbonyl (C=O) groups is 3. The molecule has 0 spiro atoms. The van der Waals surface area contributed by atoms with E-state index in [1.807, 2.05) is 38.1 Å². The number of aliphatic hydroxyl groups excluding tert-OH is 1. The number of nitrogens with zero attached hydrogens (tertiary/aromatic N) is 1. The summed E-state index contributed by atoms with van der Waals surface area (Å²) in [7, 11) is 1.59. The first-order valence-corrected chi connectivity index (χ1v) is 9.50. The standard InChI is InChI=1S/C20H29N3O5/c1-13(2)17(12-24)21-18(25)9-8-16-19(26)23(20(27)22-16)11-10-14-4-6-15(28-3)7-5-14/h4-7,13,16-17,24H,8-12H2,1-3H3,(H,21,25)(H,22,27)/t16-,17+/m1/s1. The van der Waals surface area contributed by atoms with Crippen LogP contribution >= 0.6 is 0 Å². The molecule has 8 heteroatoms. The van der Waals surface area contributed by atoms with Gasteiger partial charge in [-0.25, -0.2) is 4.79 Å². The molecule has 0 aromatic heterocycles. The molecule has 0 aliphatic carbocycles. The minimum atomic E-state index is -0.694. The monoisotopic (exact) mass is 391 g/mol. The largest absolute Gasteiger partial charge is 0.497 e. The van der Waals surface area contributed by atoms with E-state index in [1.165, 1.54) is 4.90 Å². The van der Waals surface area contributed by atoms with E-state index in [-0.39, 0.29) is 49.8 Å². The molecule has 4 amide bonds. The Balaban J connectivity index is 1.82. The Morgan fingerprint density at radius 2 is 1.96 bits per heavy atom. The van der Waals surface area contributed by atoms with Gasteiger partial charge in [-0.3, -0.25) is 14.5 Å². The second kappa shape index (κ2) is 10.1. The number of imide groups is 1. The molecule has 1 aromatic carbocycles. The fraction of sp³-hybridized carbons (Fsp3) is 0.550. The molecule has 1 aliphatic heterocycles. The van der Waals surface area contributed by atoms with Gasteiger partial charge < -0.3 is 20.5 Å². The number of hydrogen-bond acceptors (Lipinski definition) is 5. The summed E-state index contributed by atoms with van der Waals surface area (Å²) in [6.07, 6.45) is 0.876. The molecule has 0 saturated carbocycles. The first-order chi connectivity index (χ1) is 13.3. The van der Waals surface area contributed by atoms with Gasteiger partial charge in [-0.05, 0) is 36.5 Å². The van der Waals surface area contributed by atoms with Crippen molar-refractivity contribution < 1.29 is 24.2 Å². The summed E-state index contributed by atoms with van der Waals surface area (Å²) in [5, 5.41) is 14.7. The lowest BCUT2D eigenvalue weighted by atomic mass is 10.0. The van der Waals surface area contributed by atoms with Crippen LogP contribution in [0.5, 0.6) is 5.75 Å². The lowest BCUT2D eigenvalue weighted by Gasteiger charge is -2.20. The zero-order valence-electron chi connectivity index (χ0n) is 16.6. The SMILES string of the molecule is COc1ccc(CCN2C(=O)N[C@H](CCC(=O)N[C@@H](CO)C(C)C)C2=O)cc1. The van der Waals surface area contributed by atoms with Crippen LogP contribution in [0.25, 0.3) is 0 Å². The normalized spacial score (nSPS) is 17.6. The Hall–Kier alpha value is -2.61. The molecule has 2 rings (SSSR count). The van der Waals surface area contributed by atoms with Gasteiger partial charge in [-0.2, -0.15) is 0 Å². The van der Waals surface area contributed by atoms with Crippen molar-refractivity contribution >= 4 is 17.8 Å². The van der Waals surface area contributed by atoms with Crippen LogP contribution in [0.3, 0.4) is 0 Å². The van der Waals surface area contributed by atoms with Gasteiger partial charge in [0.25, 0.3) is 5.91 Å². The molecular weight excluding hydrogens is 362 g/mol. The number of nitrogens with one attached hydrogen (secondary N) is 2. The van der Waals surface area contributed by atoms with E-state index in [4.69, 9.17) is 4.74 Å². The van der Waals surface area contributed by atoms with E-state index in [0.29, 0.717) is 6.42 Å². The van der Waals surface area contributed by atoms with Crippen LogP contribution in [0.4, 0.5) is 4.79 Å². The number of ether oxygens (including phenoxy) is 1. The van der Waals surface area contributed by atoms with E-state index < -0.39 is 12.1 Å². The first kappa shape index (κ1) is 21.7. The van der Waals surface area contributed by atoms with E-state index in [0.717, 1.165) is 11.3 Å². The van der Waals surface area contributed by atoms with Crippen LogP contribution in [0, 0.1) is 5.92 Å². The maximum atomic E-state index is 12.5. The topological polar surface area (TPSA) is 108 Å². The molecule has 8 nitrogen and oxygen atoms in total. The quantitative estimate of drug-likeness (QED) is 0.517. The maximum absolute atomic E-state index is 12.5. The van der Waals surface area contributed by atoms with Crippen LogP contribution in [0.1, 0.15) is 32.3 Å². The van der Waals surface area contributed by atoms with E-state index in [1.54, 1.807) is 7.11 Å². The summed E-state index contributed by atoms with van der Waals surface area (Å²) in [5.74, 6) is 0.300. The highest BCUT2D eigenvalue weighted by Crippen LogP contribution is 2.15. The highest BCUT2D eigenvalue weighted by Gasteiger charge is 2.37. The number of benzene rings is 1. The summed E-state index contributed by atoms with van der Waals surface area (Å²) in [5.41, 5.74) is 0.993. The van der Waals surface area contributed by atoms with E-state index in [9.17, 15) is 19.5 Å². The number of urea groups is 1. The summed E-state index contributed by atoms with van der Waals surface area (Å²) in [6.45, 7) is 3.95. The number of methoxy groups -OCH3 is 1. The zero-order valence-corrected chi connectivity index (χ0v) is 16.6. The van der Waals surface area contributed by atoms with Gasteiger partial charge in [-0.1, -0.05) is 26.0 Å². The average Bonchev–Trinajstić information content (AvgIpc) is 2.96. The summed E-state index contributed by atoms with van der Waals surface area (Å²) >= 11 is 0. The molecule has 0 radical (unpaired) electrons. The van der Waals surface area contributed by atoms with Crippen LogP contribution in [-0.4, -0.2) is 60.2 Å². The molecule has 154 valence electrons. The number of hydrogen-bond donors (Lipinski definition) is 3. The molecule has 1 saturated heterocycles. The lowest BCUT2D eigenvalue weighted by Crippen LogP contribution is -2.42. The molecular formula is C20H29N3O5. The zero-order chi connectivity index (χ0) is 20.7. The average molecular weight is 391 g/mol. The van der Waals surface area contributed by atoms with Crippen LogP contribution in [0.2, 0.25) is 0 Å². The third-order valence-electron chi connectivity index (χ3n) is 4.90. The minimum Gasteiger partial charge on any atom is -0.497 e. The van der Waals surface area contributed by atoms with Crippen LogP contribution < -0.4 is 15.4 Å². The smallest absolute Gasteiger partial charge is 0.324 e. The second-order valence-corrected chi connectivity index (χ2v) is 7.23. The van der Waals surface area contributed by atoms with Crippen LogP contribution in [-0.2, 0) is 16.0 Å². The Morgan fingerprint density at radius 1 is 1.29 bits per heavy atom. The number of rotatable bonds is 10. The maximum Gasteiger partial charge on any atom is 0.324 e. The Bertz CT molecular complexity index is 690. The van der Waals surface area contributed by atoms with Crippen LogP contribution in [0.15, 0.2) is 24.3 Å². The second-order valence-electron chi connectivity index (χ2n) is 7.23. The van der Waals surface area contributed by atoms with E-state index in [2.05, 4.69) is 10.6 Å². The fourth-order valence-electron chi connectivity index (χ4n) is 2.99. The molecule has 1 aromatic rings. The molecule has 0 bridgehead atoms. The molecule has 1 heterocycles. The van der Waals surface area contributed by atoms with E-state index >= 15 is 0 Å². The molecule has 1 aliphatic rings. The van der Waals surface area contributed by atoms with Gasteiger partial charge in [0.2, 0.25) is 5.91 Å². The van der Waals surface area contributed by atoms with Crippen molar-refractivity contribution in [2.45, 2.75) is 45.2 Å². The molecule has 2 atom stereocenters. The number of amides is 4. The summed E-state index contributed by atoms with van der Waals surface area (Å²) < 4.78 is 5.11. The summed E-state index contributed by atoms with van der Waals surface area (Å²) in [6, 6.07) is 6.01. The van der Waals surface area contributed by atoms with Crippen molar-refractivity contribution in [2.24, 2.45) is 5.92 Å². The first-order valence-electron chi connectivity index (χ1n) is 9.50. The van der Waals surface area contributed by atoms with Crippen molar-refractivity contribution in [1.82, 2.24) is 15.5 Å². The predicted molar refractivity (Wildman–Crippen MR) is 104 cm³/mol. The van der Waals surface area contributed by atoms with Crippen molar-refractivity contribution in [2.75, 3.05) is 20.3 Å². The highest BCUT2D eigenvalue weighted by atomic mass is 16.5. The molecule has 1 fully saturated rings. The van der Waals surface area contributed by atoms with Gasteiger partial charge in [0.15, 0.2) is 0 Å². The third kappa shape index (κ3) is 5.69.